The van der Waals surface area contributed by atoms with Gasteiger partial charge in [-0.15, -0.1) is 11.3 Å². The number of carbonyl (C=O) groups excluding carboxylic acids is 1. The lowest BCUT2D eigenvalue weighted by molar-refractivity contribution is 0.0899. The van der Waals surface area contributed by atoms with E-state index in [1.54, 1.807) is 17.4 Å². The van der Waals surface area contributed by atoms with Gasteiger partial charge in [0.15, 0.2) is 11.2 Å². The molecule has 0 unspecified atom stereocenters. The van der Waals surface area contributed by atoms with Crippen LogP contribution in [0.3, 0.4) is 0 Å². The van der Waals surface area contributed by atoms with Crippen molar-refractivity contribution in [3.8, 4) is 0 Å². The zero-order chi connectivity index (χ0) is 20.4. The average molecular weight is 411 g/mol. The number of rotatable bonds is 5. The topological polar surface area (TPSA) is 62.6 Å². The summed E-state index contributed by atoms with van der Waals surface area (Å²) in [5.74, 6) is -0.277. The predicted octanol–water partition coefficient (Wildman–Crippen LogP) is 4.43. The van der Waals surface area contributed by atoms with E-state index >= 15 is 0 Å². The molecule has 1 aromatic carbocycles. The summed E-state index contributed by atoms with van der Waals surface area (Å²) >= 11 is 1.71. The monoisotopic (exact) mass is 410 g/mol. The first kappa shape index (κ1) is 19.9. The number of piperidine rings is 1. The Morgan fingerprint density at radius 3 is 2.72 bits per heavy atom. The van der Waals surface area contributed by atoms with Crippen molar-refractivity contribution in [3.05, 3.63) is 67.7 Å². The summed E-state index contributed by atoms with van der Waals surface area (Å²) in [7, 11) is 0. The third-order valence-electron chi connectivity index (χ3n) is 5.54. The zero-order valence-electron chi connectivity index (χ0n) is 16.9. The number of benzene rings is 1. The lowest BCUT2D eigenvalue weighted by atomic mass is 10.1. The summed E-state index contributed by atoms with van der Waals surface area (Å²) in [5.41, 5.74) is 2.16. The Morgan fingerprint density at radius 2 is 2.00 bits per heavy atom. The van der Waals surface area contributed by atoms with Crippen molar-refractivity contribution in [1.82, 2.24) is 10.2 Å². The van der Waals surface area contributed by atoms with Crippen molar-refractivity contribution in [3.63, 3.8) is 0 Å². The Bertz CT molecular complexity index is 1070. The van der Waals surface area contributed by atoms with Gasteiger partial charge in [-0.2, -0.15) is 0 Å². The van der Waals surface area contributed by atoms with E-state index in [4.69, 9.17) is 4.42 Å². The molecule has 1 aliphatic heterocycles. The molecule has 1 saturated heterocycles. The second-order valence-corrected chi connectivity index (χ2v) is 8.75. The minimum Gasteiger partial charge on any atom is -0.450 e. The van der Waals surface area contributed by atoms with Gasteiger partial charge in [0.05, 0.1) is 11.4 Å². The molecule has 0 saturated carbocycles. The van der Waals surface area contributed by atoms with Gasteiger partial charge in [-0.1, -0.05) is 18.6 Å². The summed E-state index contributed by atoms with van der Waals surface area (Å²) < 4.78 is 5.84. The van der Waals surface area contributed by atoms with Crippen molar-refractivity contribution in [2.75, 3.05) is 19.6 Å². The molecule has 0 radical (unpaired) electrons. The smallest absolute Gasteiger partial charge is 0.287 e. The van der Waals surface area contributed by atoms with E-state index < -0.39 is 0 Å². The van der Waals surface area contributed by atoms with Gasteiger partial charge in [0.2, 0.25) is 0 Å². The highest BCUT2D eigenvalue weighted by Gasteiger charge is 2.24. The lowest BCUT2D eigenvalue weighted by Gasteiger charge is -2.34. The standard InChI is InChI=1S/C23H26N2O3S/c1-15-11-16(2)22-17(12-15)19(26)13-20(28-22)23(27)24-14-18(21-7-6-10-29-21)25-8-4-3-5-9-25/h6-7,10-13,18H,3-5,8-9,14H2,1-2H3,(H,24,27)/t18-/m1/s1. The normalized spacial score (nSPS) is 16.1. The Balaban J connectivity index is 1.56. The Kier molecular flexibility index (Phi) is 5.83. The molecule has 2 aromatic heterocycles. The van der Waals surface area contributed by atoms with Crippen LogP contribution in [0.4, 0.5) is 0 Å². The fourth-order valence-corrected chi connectivity index (χ4v) is 4.98. The number of fused-ring (bicyclic) bond motifs is 1. The summed E-state index contributed by atoms with van der Waals surface area (Å²) in [4.78, 5) is 29.0. The highest BCUT2D eigenvalue weighted by Crippen LogP contribution is 2.27. The van der Waals surface area contributed by atoms with E-state index in [2.05, 4.69) is 21.7 Å². The first-order valence-electron chi connectivity index (χ1n) is 10.1. The van der Waals surface area contributed by atoms with Crippen LogP contribution >= 0.6 is 11.3 Å². The summed E-state index contributed by atoms with van der Waals surface area (Å²) in [6.45, 7) is 6.42. The van der Waals surface area contributed by atoms with E-state index in [0.717, 1.165) is 24.2 Å². The second-order valence-electron chi connectivity index (χ2n) is 7.77. The molecule has 0 spiro atoms. The van der Waals surface area contributed by atoms with Crippen LogP contribution in [0.1, 0.15) is 51.9 Å². The van der Waals surface area contributed by atoms with Gasteiger partial charge in [-0.05, 0) is 68.4 Å². The molecule has 1 fully saturated rings. The third-order valence-corrected chi connectivity index (χ3v) is 6.51. The van der Waals surface area contributed by atoms with Crippen molar-refractivity contribution in [1.29, 1.82) is 0 Å². The van der Waals surface area contributed by atoms with E-state index in [1.165, 1.54) is 30.2 Å². The predicted molar refractivity (Wildman–Crippen MR) is 117 cm³/mol. The summed E-state index contributed by atoms with van der Waals surface area (Å²) in [6.07, 6.45) is 3.64. The molecular weight excluding hydrogens is 384 g/mol. The number of likely N-dealkylation sites (tertiary alicyclic amines) is 1. The largest absolute Gasteiger partial charge is 0.450 e. The number of aryl methyl sites for hydroxylation is 2. The first-order chi connectivity index (χ1) is 14.0. The molecule has 0 aliphatic carbocycles. The van der Waals surface area contributed by atoms with Gasteiger partial charge in [-0.3, -0.25) is 14.5 Å². The number of hydrogen-bond donors (Lipinski definition) is 1. The van der Waals surface area contributed by atoms with Crippen LogP contribution in [-0.4, -0.2) is 30.4 Å². The zero-order valence-corrected chi connectivity index (χ0v) is 17.7. The third kappa shape index (κ3) is 4.28. The molecule has 152 valence electrons. The molecule has 1 amide bonds. The van der Waals surface area contributed by atoms with Crippen LogP contribution in [0.2, 0.25) is 0 Å². The van der Waals surface area contributed by atoms with Gasteiger partial charge in [0, 0.05) is 17.5 Å². The maximum Gasteiger partial charge on any atom is 0.287 e. The van der Waals surface area contributed by atoms with Crippen LogP contribution < -0.4 is 10.7 Å². The number of nitrogens with one attached hydrogen (secondary N) is 1. The molecular formula is C23H26N2O3S. The van der Waals surface area contributed by atoms with E-state index in [-0.39, 0.29) is 23.1 Å². The molecule has 1 atom stereocenters. The van der Waals surface area contributed by atoms with Crippen molar-refractivity contribution >= 4 is 28.2 Å². The molecule has 3 heterocycles. The van der Waals surface area contributed by atoms with Gasteiger partial charge >= 0.3 is 0 Å². The number of nitrogens with zero attached hydrogens (tertiary/aromatic N) is 1. The van der Waals surface area contributed by atoms with Gasteiger partial charge in [0.25, 0.3) is 5.91 Å². The summed E-state index contributed by atoms with van der Waals surface area (Å²) in [6, 6.07) is 9.38. The molecule has 5 nitrogen and oxygen atoms in total. The average Bonchev–Trinajstić information content (AvgIpc) is 3.24. The number of amides is 1. The quantitative estimate of drug-likeness (QED) is 0.676. The van der Waals surface area contributed by atoms with Crippen molar-refractivity contribution in [2.24, 2.45) is 0 Å². The summed E-state index contributed by atoms with van der Waals surface area (Å²) in [5, 5.41) is 5.59. The maximum absolute atomic E-state index is 12.8. The molecule has 4 rings (SSSR count). The fourth-order valence-electron chi connectivity index (χ4n) is 4.12. The van der Waals surface area contributed by atoms with Crippen LogP contribution in [0.25, 0.3) is 11.0 Å². The highest BCUT2D eigenvalue weighted by molar-refractivity contribution is 7.10. The Hall–Kier alpha value is -2.44. The van der Waals surface area contributed by atoms with Crippen LogP contribution in [-0.2, 0) is 0 Å². The number of hydrogen-bond acceptors (Lipinski definition) is 5. The molecule has 29 heavy (non-hydrogen) atoms. The van der Waals surface area contributed by atoms with Gasteiger partial charge in [0.1, 0.15) is 5.58 Å². The number of thiophene rings is 1. The fraction of sp³-hybridized carbons (Fsp3) is 0.391. The maximum atomic E-state index is 12.8. The molecule has 1 N–H and O–H groups in total. The van der Waals surface area contributed by atoms with E-state index in [9.17, 15) is 9.59 Å². The second kappa shape index (κ2) is 8.51. The first-order valence-corrected chi connectivity index (χ1v) is 11.0. The van der Waals surface area contributed by atoms with Gasteiger partial charge in [-0.25, -0.2) is 0 Å². The highest BCUT2D eigenvalue weighted by atomic mass is 32.1. The van der Waals surface area contributed by atoms with Crippen molar-refractivity contribution < 1.29 is 9.21 Å². The Labute approximate surface area is 174 Å². The van der Waals surface area contributed by atoms with Crippen LogP contribution in [0.5, 0.6) is 0 Å². The molecule has 6 heteroatoms. The van der Waals surface area contributed by atoms with E-state index in [1.807, 2.05) is 26.0 Å². The molecule has 3 aromatic rings. The van der Waals surface area contributed by atoms with Gasteiger partial charge < -0.3 is 9.73 Å². The minimum absolute atomic E-state index is 0.0676. The van der Waals surface area contributed by atoms with Crippen LogP contribution in [0, 0.1) is 13.8 Å². The van der Waals surface area contributed by atoms with E-state index in [0.29, 0.717) is 17.5 Å². The minimum atomic E-state index is -0.345. The number of carbonyl (C=O) groups is 1. The Morgan fingerprint density at radius 1 is 1.21 bits per heavy atom. The SMILES string of the molecule is Cc1cc(C)c2oc(C(=O)NC[C@H](c3cccs3)N3CCCCC3)cc(=O)c2c1. The molecule has 1 aliphatic rings. The van der Waals surface area contributed by atoms with Crippen LogP contribution in [0.15, 0.2) is 44.9 Å². The molecule has 0 bridgehead atoms. The lowest BCUT2D eigenvalue weighted by Crippen LogP contribution is -2.40. The van der Waals surface area contributed by atoms with Crippen molar-refractivity contribution in [2.45, 2.75) is 39.2 Å².